The molecule has 4 rings (SSSR count). The number of aliphatic hydroxyl groups excluding tert-OH is 2. The molecular weight excluding hydrogens is 971 g/mol. The number of aliphatic hydroxyl groups is 2. The van der Waals surface area contributed by atoms with Gasteiger partial charge >= 0.3 is 23.5 Å². The summed E-state index contributed by atoms with van der Waals surface area (Å²) in [6.45, 7) is 2.27. The number of phosphoric acid groups is 3. The zero-order valence-electron chi connectivity index (χ0n) is 36.9. The fourth-order valence-electron chi connectivity index (χ4n) is 7.21. The largest absolute Gasteiger partial charge is 0.481 e. The van der Waals surface area contributed by atoms with Crippen molar-refractivity contribution in [3.8, 4) is 0 Å². The van der Waals surface area contributed by atoms with E-state index in [0.29, 0.717) is 19.3 Å². The summed E-state index contributed by atoms with van der Waals surface area (Å²) in [6.07, 6.45) is 1.34. The Morgan fingerprint density at radius 3 is 2.46 bits per heavy atom. The first-order chi connectivity index (χ1) is 31.3. The first-order valence-electron chi connectivity index (χ1n) is 21.1. The maximum atomic E-state index is 12.7. The molecule has 3 heterocycles. The van der Waals surface area contributed by atoms with Crippen LogP contribution in [0.25, 0.3) is 11.2 Å². The van der Waals surface area contributed by atoms with E-state index in [1.807, 2.05) is 19.1 Å². The smallest absolute Gasteiger partial charge is 0.386 e. The van der Waals surface area contributed by atoms with Crippen LogP contribution >= 0.6 is 35.2 Å². The number of aromatic nitrogens is 4. The molecule has 1 aliphatic heterocycles. The summed E-state index contributed by atoms with van der Waals surface area (Å²) in [5.41, 5.74) is 4.22. The summed E-state index contributed by atoms with van der Waals surface area (Å²) < 4.78 is 62.3. The third-order valence-corrected chi connectivity index (χ3v) is 14.6. The number of carbonyl (C=O) groups is 5. The van der Waals surface area contributed by atoms with Gasteiger partial charge in [-0.2, -0.15) is 4.31 Å². The van der Waals surface area contributed by atoms with Crippen LogP contribution in [0.15, 0.2) is 24.8 Å². The van der Waals surface area contributed by atoms with Gasteiger partial charge in [0.1, 0.15) is 47.8 Å². The molecule has 10 N–H and O–H groups in total. The Morgan fingerprint density at radius 1 is 1.04 bits per heavy atom. The highest BCUT2D eigenvalue weighted by atomic mass is 32.2. The highest BCUT2D eigenvalue weighted by Gasteiger charge is 2.50. The van der Waals surface area contributed by atoms with Crippen molar-refractivity contribution in [2.24, 2.45) is 17.3 Å². The van der Waals surface area contributed by atoms with Crippen LogP contribution in [-0.4, -0.2) is 134 Å². The van der Waals surface area contributed by atoms with E-state index in [-0.39, 0.29) is 83.6 Å². The Kier molecular flexibility index (Phi) is 21.0. The van der Waals surface area contributed by atoms with Crippen LogP contribution in [0, 0.1) is 17.3 Å². The van der Waals surface area contributed by atoms with E-state index < -0.39 is 84.6 Å². The lowest BCUT2D eigenvalue weighted by Gasteiger charge is -2.30. The van der Waals surface area contributed by atoms with Crippen LogP contribution in [-0.2, 0) is 60.3 Å². The second-order valence-corrected chi connectivity index (χ2v) is 21.8. The van der Waals surface area contributed by atoms with E-state index in [0.717, 1.165) is 48.2 Å². The number of nitrogens with one attached hydrogen (secondary N) is 2. The summed E-state index contributed by atoms with van der Waals surface area (Å²) in [7, 11) is -16.5. The van der Waals surface area contributed by atoms with E-state index in [4.69, 9.17) is 19.5 Å². The molecule has 1 saturated heterocycles. The number of ketones is 2. The fourth-order valence-corrected chi connectivity index (χ4v) is 10.7. The first-order valence-corrected chi connectivity index (χ1v) is 26.6. The number of nitrogen functional groups attached to an aromatic ring is 1. The molecule has 9 atom stereocenters. The van der Waals surface area contributed by atoms with Gasteiger partial charge in [-0.1, -0.05) is 44.7 Å². The van der Waals surface area contributed by atoms with Gasteiger partial charge in [0.05, 0.1) is 26.0 Å². The molecule has 0 aromatic carbocycles. The standard InChI is InChI=1S/C37H58N7O19P3S/c1-4-5-6-10-24-22(11-12-25(24)46)8-7-9-23(45)17-28(48)67-16-15-39-27(47)13-14-40-35(51)32(50)37(2,3)19-60-66(57,58)63-65(55,56)59-18-26-31(62-64(52,53)54)30(49)36(61-26)44-21-43-29-33(38)41-20-42-34(29)44/h5-6,20-22,24,26,30-32,36,49-50H,4,7-19H2,1-3H3,(H,39,47)(H,40,51)(H,55,56)(H,57,58)(H2,38,41,42)(H2,52,53,54)/b6-5-/t22-,24-,26+,30+,31+,32?,36+/m0/s1. The molecule has 2 fully saturated rings. The second kappa shape index (κ2) is 25.0. The molecule has 2 aliphatic rings. The number of allylic oxidation sites excluding steroid dienone is 2. The molecule has 0 spiro atoms. The number of carbonyl (C=O) groups excluding carboxylic acids is 5. The molecule has 1 aliphatic carbocycles. The van der Waals surface area contributed by atoms with Crippen LogP contribution in [0.4, 0.5) is 5.82 Å². The molecule has 1 saturated carbocycles. The van der Waals surface area contributed by atoms with Gasteiger partial charge in [-0.15, -0.1) is 0 Å². The molecule has 2 aromatic heterocycles. The summed E-state index contributed by atoms with van der Waals surface area (Å²) in [5.74, 6) is -1.07. The van der Waals surface area contributed by atoms with Crippen molar-refractivity contribution < 1.29 is 90.1 Å². The van der Waals surface area contributed by atoms with Crippen molar-refractivity contribution in [1.82, 2.24) is 30.2 Å². The fraction of sp³-hybridized carbons (Fsp3) is 0.676. The number of Topliss-reactive ketones (excluding diaryl/α,β-unsaturated/α-hetero) is 2. The maximum Gasteiger partial charge on any atom is 0.481 e. The van der Waals surface area contributed by atoms with Gasteiger partial charge in [-0.25, -0.2) is 28.6 Å². The van der Waals surface area contributed by atoms with Gasteiger partial charge in [-0.05, 0) is 38.0 Å². The molecule has 26 nitrogen and oxygen atoms in total. The quantitative estimate of drug-likeness (QED) is 0.0254. The number of rotatable bonds is 28. The lowest BCUT2D eigenvalue weighted by molar-refractivity contribution is -0.137. The van der Waals surface area contributed by atoms with Gasteiger partial charge in [0.25, 0.3) is 0 Å². The van der Waals surface area contributed by atoms with Gasteiger partial charge in [-0.3, -0.25) is 42.1 Å². The Balaban J connectivity index is 1.13. The monoisotopic (exact) mass is 1030 g/mol. The van der Waals surface area contributed by atoms with Gasteiger partial charge in [0, 0.05) is 49.4 Å². The predicted molar refractivity (Wildman–Crippen MR) is 236 cm³/mol. The molecule has 3 unspecified atom stereocenters. The molecule has 2 amide bonds. The SMILES string of the molecule is CC/C=C\C[C@@H]1C(=O)CC[C@@H]1CCCC(=O)CC(=O)SCCNC(=O)CCNC(=O)C(O)C(C)(C)COP(=O)(O)OP(=O)(O)OC[C@H]1O[C@@H](n2cnc3c(N)ncnc32)[C@H](O)[C@@H]1OP(=O)(O)O. The summed E-state index contributed by atoms with van der Waals surface area (Å²) in [4.78, 5) is 113. The van der Waals surface area contributed by atoms with Crippen molar-refractivity contribution in [1.29, 1.82) is 0 Å². The van der Waals surface area contributed by atoms with Crippen molar-refractivity contribution in [2.45, 2.75) is 109 Å². The Hall–Kier alpha value is -3.36. The molecule has 2 aromatic rings. The number of amides is 2. The van der Waals surface area contributed by atoms with Crippen LogP contribution < -0.4 is 16.4 Å². The molecule has 30 heteroatoms. The Labute approximate surface area is 389 Å². The lowest BCUT2D eigenvalue weighted by Crippen LogP contribution is -2.46. The summed E-state index contributed by atoms with van der Waals surface area (Å²) in [6, 6.07) is 0. The van der Waals surface area contributed by atoms with E-state index in [1.54, 1.807) is 0 Å². The van der Waals surface area contributed by atoms with Crippen molar-refractivity contribution in [3.05, 3.63) is 24.8 Å². The Bertz CT molecular complexity index is 2240. The predicted octanol–water partition coefficient (Wildman–Crippen LogP) is 1.75. The van der Waals surface area contributed by atoms with Gasteiger partial charge in [0.15, 0.2) is 22.8 Å². The number of anilines is 1. The highest BCUT2D eigenvalue weighted by Crippen LogP contribution is 2.61. The third kappa shape index (κ3) is 17.5. The topological polar surface area (TPSA) is 398 Å². The van der Waals surface area contributed by atoms with Crippen molar-refractivity contribution in [3.63, 3.8) is 0 Å². The van der Waals surface area contributed by atoms with E-state index in [9.17, 15) is 67.5 Å². The Morgan fingerprint density at radius 2 is 1.76 bits per heavy atom. The molecular formula is C37H58N7O19P3S. The zero-order chi connectivity index (χ0) is 49.7. The number of nitrogens with two attached hydrogens (primary N) is 1. The van der Waals surface area contributed by atoms with Crippen molar-refractivity contribution in [2.75, 3.05) is 37.8 Å². The van der Waals surface area contributed by atoms with Crippen LogP contribution in [0.5, 0.6) is 0 Å². The van der Waals surface area contributed by atoms with E-state index >= 15 is 0 Å². The number of hydrogen-bond acceptors (Lipinski definition) is 20. The minimum atomic E-state index is -5.60. The average molecular weight is 1030 g/mol. The number of thioether (sulfide) groups is 1. The number of ether oxygens (including phenoxy) is 1. The summed E-state index contributed by atoms with van der Waals surface area (Å²) >= 11 is 0.896. The van der Waals surface area contributed by atoms with E-state index in [2.05, 4.69) is 34.4 Å². The van der Waals surface area contributed by atoms with Gasteiger partial charge in [0.2, 0.25) is 11.8 Å². The number of fused-ring (bicyclic) bond motifs is 1. The maximum absolute atomic E-state index is 12.7. The van der Waals surface area contributed by atoms with Crippen molar-refractivity contribution >= 4 is 80.7 Å². The minimum absolute atomic E-state index is 0.0101. The summed E-state index contributed by atoms with van der Waals surface area (Å²) in [5, 5.41) is 26.1. The van der Waals surface area contributed by atoms with Crippen LogP contribution in [0.1, 0.15) is 84.8 Å². The van der Waals surface area contributed by atoms with Gasteiger partial charge < -0.3 is 50.9 Å². The number of nitrogens with zero attached hydrogens (tertiary/aromatic N) is 4. The normalized spacial score (nSPS) is 23.6. The number of imidazole rings is 1. The highest BCUT2D eigenvalue weighted by molar-refractivity contribution is 8.13. The minimum Gasteiger partial charge on any atom is -0.386 e. The molecule has 0 radical (unpaired) electrons. The average Bonchev–Trinajstić information content (AvgIpc) is 3.91. The van der Waals surface area contributed by atoms with Crippen LogP contribution in [0.3, 0.4) is 0 Å². The number of phosphoric ester groups is 3. The van der Waals surface area contributed by atoms with Crippen LogP contribution in [0.2, 0.25) is 0 Å². The first kappa shape index (κ1) is 56.2. The van der Waals surface area contributed by atoms with E-state index in [1.165, 1.54) is 13.8 Å². The zero-order valence-corrected chi connectivity index (χ0v) is 40.4. The molecule has 0 bridgehead atoms. The molecule has 376 valence electrons. The number of hydrogen-bond donors (Lipinski definition) is 9. The second-order valence-electron chi connectivity index (χ2n) is 16.4. The lowest BCUT2D eigenvalue weighted by atomic mass is 9.87. The third-order valence-electron chi connectivity index (χ3n) is 10.7. The molecule has 67 heavy (non-hydrogen) atoms.